The number of carbonyl (C=O) groups is 3. The molecule has 0 aliphatic carbocycles. The molecule has 0 aliphatic heterocycles. The number of nitrogens with one attached hydrogen (secondary N) is 2. The van der Waals surface area contributed by atoms with E-state index in [1.807, 2.05) is 0 Å². The predicted molar refractivity (Wildman–Crippen MR) is 82.6 cm³/mol. The summed E-state index contributed by atoms with van der Waals surface area (Å²) >= 11 is 0. The Bertz CT molecular complexity index is 596. The quantitative estimate of drug-likeness (QED) is 0.533. The van der Waals surface area contributed by atoms with Gasteiger partial charge in [-0.15, -0.1) is 0 Å². The number of phenols is 1. The summed E-state index contributed by atoms with van der Waals surface area (Å²) in [7, 11) is 3.25. The molecule has 118 valence electrons. The maximum atomic E-state index is 12.0. The Labute approximate surface area is 128 Å². The summed E-state index contributed by atoms with van der Waals surface area (Å²) < 4.78 is 0. The Morgan fingerprint density at radius 2 is 2.00 bits per heavy atom. The van der Waals surface area contributed by atoms with Crippen LogP contribution >= 0.6 is 0 Å². The highest BCUT2D eigenvalue weighted by molar-refractivity contribution is 6.02. The highest BCUT2D eigenvalue weighted by Crippen LogP contribution is 2.21. The van der Waals surface area contributed by atoms with E-state index in [9.17, 15) is 19.5 Å². The Balaban J connectivity index is 2.71. The van der Waals surface area contributed by atoms with Crippen LogP contribution in [0, 0.1) is 0 Å². The van der Waals surface area contributed by atoms with Crippen molar-refractivity contribution in [3.8, 4) is 5.75 Å². The van der Waals surface area contributed by atoms with Crippen LogP contribution in [-0.4, -0.2) is 48.4 Å². The van der Waals surface area contributed by atoms with Gasteiger partial charge in [0, 0.05) is 32.7 Å². The first-order valence-electron chi connectivity index (χ1n) is 6.60. The Morgan fingerprint density at radius 1 is 1.32 bits per heavy atom. The second kappa shape index (κ2) is 7.82. The van der Waals surface area contributed by atoms with Crippen molar-refractivity contribution in [2.24, 2.45) is 0 Å². The molecule has 0 heterocycles. The minimum atomic E-state index is -0.529. The van der Waals surface area contributed by atoms with E-state index in [0.29, 0.717) is 5.69 Å². The molecule has 0 saturated carbocycles. The van der Waals surface area contributed by atoms with Crippen molar-refractivity contribution in [2.75, 3.05) is 26.0 Å². The Morgan fingerprint density at radius 3 is 2.59 bits per heavy atom. The van der Waals surface area contributed by atoms with E-state index in [1.165, 1.54) is 23.1 Å². The lowest BCUT2D eigenvalue weighted by molar-refractivity contribution is -0.128. The van der Waals surface area contributed by atoms with E-state index in [2.05, 4.69) is 17.2 Å². The number of hydrogen-bond donors (Lipinski definition) is 3. The number of anilines is 1. The van der Waals surface area contributed by atoms with Gasteiger partial charge in [0.15, 0.2) is 0 Å². The molecule has 7 heteroatoms. The van der Waals surface area contributed by atoms with E-state index in [1.54, 1.807) is 14.1 Å². The monoisotopic (exact) mass is 305 g/mol. The second-order valence-corrected chi connectivity index (χ2v) is 4.72. The standard InChI is InChI=1S/C15H19N3O4/c1-4-13(20)17-10-5-6-12(19)11(9-10)15(22)16-8-7-14(21)18(2)3/h4-6,9,19H,1,7-8H2,2-3H3,(H,16,22)(H,17,20). The molecule has 0 atom stereocenters. The summed E-state index contributed by atoms with van der Waals surface area (Å²) in [5.74, 6) is -1.28. The zero-order valence-corrected chi connectivity index (χ0v) is 12.5. The molecule has 1 rings (SSSR count). The van der Waals surface area contributed by atoms with Crippen molar-refractivity contribution < 1.29 is 19.5 Å². The molecule has 3 amide bonds. The fourth-order valence-corrected chi connectivity index (χ4v) is 1.59. The molecule has 3 N–H and O–H groups in total. The second-order valence-electron chi connectivity index (χ2n) is 4.72. The van der Waals surface area contributed by atoms with Crippen LogP contribution in [0.4, 0.5) is 5.69 Å². The van der Waals surface area contributed by atoms with Crippen LogP contribution in [-0.2, 0) is 9.59 Å². The largest absolute Gasteiger partial charge is 0.507 e. The highest BCUT2D eigenvalue weighted by atomic mass is 16.3. The number of aromatic hydroxyl groups is 1. The maximum Gasteiger partial charge on any atom is 0.255 e. The molecule has 0 fully saturated rings. The number of phenolic OH excluding ortho intramolecular Hbond substituents is 1. The van der Waals surface area contributed by atoms with Crippen molar-refractivity contribution in [3.05, 3.63) is 36.4 Å². The lowest BCUT2D eigenvalue weighted by Crippen LogP contribution is -2.30. The third kappa shape index (κ3) is 4.93. The molecule has 1 aromatic rings. The number of amides is 3. The van der Waals surface area contributed by atoms with Gasteiger partial charge in [-0.2, -0.15) is 0 Å². The lowest BCUT2D eigenvalue weighted by Gasteiger charge is -2.11. The summed E-state index contributed by atoms with van der Waals surface area (Å²) in [5, 5.41) is 14.8. The fourth-order valence-electron chi connectivity index (χ4n) is 1.59. The Kier molecular flexibility index (Phi) is 6.12. The van der Waals surface area contributed by atoms with Gasteiger partial charge in [0.05, 0.1) is 5.56 Å². The molecule has 0 unspecified atom stereocenters. The van der Waals surface area contributed by atoms with Gasteiger partial charge in [-0.05, 0) is 24.3 Å². The molecule has 0 radical (unpaired) electrons. The van der Waals surface area contributed by atoms with Crippen molar-refractivity contribution >= 4 is 23.4 Å². The third-order valence-electron chi connectivity index (χ3n) is 2.82. The van der Waals surface area contributed by atoms with Crippen LogP contribution in [0.1, 0.15) is 16.8 Å². The van der Waals surface area contributed by atoms with Crippen LogP contribution in [0.25, 0.3) is 0 Å². The van der Waals surface area contributed by atoms with Crippen LogP contribution in [0.3, 0.4) is 0 Å². The zero-order valence-electron chi connectivity index (χ0n) is 12.5. The molecule has 0 aromatic heterocycles. The summed E-state index contributed by atoms with van der Waals surface area (Å²) in [6.07, 6.45) is 1.26. The van der Waals surface area contributed by atoms with E-state index in [-0.39, 0.29) is 30.2 Å². The van der Waals surface area contributed by atoms with Crippen LogP contribution in [0.2, 0.25) is 0 Å². The maximum absolute atomic E-state index is 12.0. The molecule has 0 bridgehead atoms. The summed E-state index contributed by atoms with van der Waals surface area (Å²) in [5.41, 5.74) is 0.372. The average Bonchev–Trinajstić information content (AvgIpc) is 2.48. The normalized spacial score (nSPS) is 9.73. The first kappa shape index (κ1) is 17.2. The summed E-state index contributed by atoms with van der Waals surface area (Å²) in [6, 6.07) is 4.11. The lowest BCUT2D eigenvalue weighted by atomic mass is 10.1. The van der Waals surface area contributed by atoms with Gasteiger partial charge in [0.1, 0.15) is 5.75 Å². The molecule has 0 aliphatic rings. The van der Waals surface area contributed by atoms with Gasteiger partial charge < -0.3 is 20.6 Å². The fraction of sp³-hybridized carbons (Fsp3) is 0.267. The third-order valence-corrected chi connectivity index (χ3v) is 2.82. The SMILES string of the molecule is C=CC(=O)Nc1ccc(O)c(C(=O)NCCC(=O)N(C)C)c1. The number of nitrogens with zero attached hydrogens (tertiary/aromatic N) is 1. The first-order valence-corrected chi connectivity index (χ1v) is 6.60. The smallest absolute Gasteiger partial charge is 0.255 e. The zero-order chi connectivity index (χ0) is 16.7. The minimum Gasteiger partial charge on any atom is -0.507 e. The van der Waals surface area contributed by atoms with Gasteiger partial charge in [-0.3, -0.25) is 14.4 Å². The topological polar surface area (TPSA) is 98.7 Å². The number of rotatable bonds is 6. The van der Waals surface area contributed by atoms with Crippen molar-refractivity contribution in [1.29, 1.82) is 0 Å². The molecule has 0 spiro atoms. The van der Waals surface area contributed by atoms with E-state index in [0.717, 1.165) is 6.08 Å². The number of carbonyl (C=O) groups excluding carboxylic acids is 3. The van der Waals surface area contributed by atoms with Gasteiger partial charge in [-0.25, -0.2) is 0 Å². The highest BCUT2D eigenvalue weighted by Gasteiger charge is 2.13. The van der Waals surface area contributed by atoms with E-state index in [4.69, 9.17) is 0 Å². The van der Waals surface area contributed by atoms with Crippen molar-refractivity contribution in [3.63, 3.8) is 0 Å². The molecule has 22 heavy (non-hydrogen) atoms. The average molecular weight is 305 g/mol. The van der Waals surface area contributed by atoms with Crippen LogP contribution in [0.15, 0.2) is 30.9 Å². The Hall–Kier alpha value is -2.83. The predicted octanol–water partition coefficient (Wildman–Crippen LogP) is 0.725. The molecule has 0 saturated heterocycles. The molecule has 1 aromatic carbocycles. The first-order chi connectivity index (χ1) is 10.3. The van der Waals surface area contributed by atoms with Gasteiger partial charge in [-0.1, -0.05) is 6.58 Å². The van der Waals surface area contributed by atoms with Crippen molar-refractivity contribution in [2.45, 2.75) is 6.42 Å². The molecular weight excluding hydrogens is 286 g/mol. The minimum absolute atomic E-state index is 0.0131. The van der Waals surface area contributed by atoms with Crippen LogP contribution < -0.4 is 10.6 Å². The summed E-state index contributed by atoms with van der Waals surface area (Å²) in [6.45, 7) is 3.48. The van der Waals surface area contributed by atoms with Crippen molar-refractivity contribution in [1.82, 2.24) is 10.2 Å². The molecule has 7 nitrogen and oxygen atoms in total. The molecular formula is C15H19N3O4. The van der Waals surface area contributed by atoms with Gasteiger partial charge in [0.2, 0.25) is 11.8 Å². The number of benzene rings is 1. The number of hydrogen-bond acceptors (Lipinski definition) is 4. The van der Waals surface area contributed by atoms with Gasteiger partial charge >= 0.3 is 0 Å². The van der Waals surface area contributed by atoms with E-state index >= 15 is 0 Å². The van der Waals surface area contributed by atoms with Gasteiger partial charge in [0.25, 0.3) is 5.91 Å². The summed E-state index contributed by atoms with van der Waals surface area (Å²) in [4.78, 5) is 36.0. The van der Waals surface area contributed by atoms with Crippen LogP contribution in [0.5, 0.6) is 5.75 Å². The van der Waals surface area contributed by atoms with E-state index < -0.39 is 11.8 Å².